The summed E-state index contributed by atoms with van der Waals surface area (Å²) in [5.74, 6) is 0. The number of rotatable bonds is 3. The third kappa shape index (κ3) is 1.59. The number of aryl methyl sites for hydroxylation is 2. The molecular formula is C15H20N2. The first-order valence-corrected chi connectivity index (χ1v) is 6.40. The van der Waals surface area contributed by atoms with E-state index in [0.717, 1.165) is 6.54 Å². The number of hydrogen-bond acceptors (Lipinski definition) is 1. The van der Waals surface area contributed by atoms with Gasteiger partial charge < -0.3 is 10.3 Å². The van der Waals surface area contributed by atoms with Gasteiger partial charge in [0.2, 0.25) is 0 Å². The van der Waals surface area contributed by atoms with Crippen LogP contribution in [-0.4, -0.2) is 18.6 Å². The Morgan fingerprint density at radius 2 is 2.06 bits per heavy atom. The molecule has 0 spiro atoms. The summed E-state index contributed by atoms with van der Waals surface area (Å²) in [5, 5.41) is 4.72. The van der Waals surface area contributed by atoms with E-state index in [2.05, 4.69) is 42.3 Å². The third-order valence-electron chi connectivity index (χ3n) is 4.29. The Balaban J connectivity index is 2.10. The Morgan fingerprint density at radius 1 is 1.29 bits per heavy atom. The Labute approximate surface area is 102 Å². The largest absolute Gasteiger partial charge is 0.358 e. The number of benzene rings is 1. The van der Waals surface area contributed by atoms with Crippen LogP contribution in [-0.2, 0) is 5.41 Å². The fourth-order valence-corrected chi connectivity index (χ4v) is 2.85. The van der Waals surface area contributed by atoms with E-state index in [4.69, 9.17) is 0 Å². The van der Waals surface area contributed by atoms with Gasteiger partial charge in [0.25, 0.3) is 0 Å². The van der Waals surface area contributed by atoms with Crippen molar-refractivity contribution in [2.24, 2.45) is 0 Å². The summed E-state index contributed by atoms with van der Waals surface area (Å²) < 4.78 is 0. The summed E-state index contributed by atoms with van der Waals surface area (Å²) in [7, 11) is 2.05. The summed E-state index contributed by atoms with van der Waals surface area (Å²) in [5.41, 5.74) is 5.86. The van der Waals surface area contributed by atoms with Crippen LogP contribution in [0.25, 0.3) is 10.9 Å². The van der Waals surface area contributed by atoms with Crippen LogP contribution in [0.1, 0.15) is 29.7 Å². The van der Waals surface area contributed by atoms with Gasteiger partial charge in [0.1, 0.15) is 0 Å². The lowest BCUT2D eigenvalue weighted by atomic mass is 9.94. The molecule has 3 rings (SSSR count). The zero-order valence-electron chi connectivity index (χ0n) is 10.9. The van der Waals surface area contributed by atoms with Crippen LogP contribution in [0.3, 0.4) is 0 Å². The lowest BCUT2D eigenvalue weighted by Gasteiger charge is -2.15. The molecular weight excluding hydrogens is 208 g/mol. The fraction of sp³-hybridized carbons (Fsp3) is 0.467. The molecule has 1 saturated carbocycles. The molecule has 1 aromatic carbocycles. The molecule has 0 aliphatic heterocycles. The summed E-state index contributed by atoms with van der Waals surface area (Å²) in [6.45, 7) is 5.45. The number of H-pyrrole nitrogens is 1. The van der Waals surface area contributed by atoms with Crippen LogP contribution in [0.15, 0.2) is 18.2 Å². The lowest BCUT2D eigenvalue weighted by Crippen LogP contribution is -2.23. The van der Waals surface area contributed by atoms with Crippen molar-refractivity contribution in [2.75, 3.05) is 13.6 Å². The highest BCUT2D eigenvalue weighted by Crippen LogP contribution is 2.48. The van der Waals surface area contributed by atoms with E-state index in [0.29, 0.717) is 5.41 Å². The minimum absolute atomic E-state index is 0.417. The van der Waals surface area contributed by atoms with E-state index in [1.54, 1.807) is 0 Å². The first-order chi connectivity index (χ1) is 8.16. The second kappa shape index (κ2) is 3.61. The average molecular weight is 228 g/mol. The summed E-state index contributed by atoms with van der Waals surface area (Å²) in [6, 6.07) is 6.92. The maximum Gasteiger partial charge on any atom is 0.0458 e. The maximum absolute atomic E-state index is 3.44. The number of aromatic amines is 1. The van der Waals surface area contributed by atoms with Crippen molar-refractivity contribution in [1.82, 2.24) is 10.3 Å². The highest BCUT2D eigenvalue weighted by atomic mass is 14.8. The van der Waals surface area contributed by atoms with Gasteiger partial charge in [-0.1, -0.05) is 6.07 Å². The number of likely N-dealkylation sites (N-methyl/N-ethyl adjacent to an activating group) is 1. The van der Waals surface area contributed by atoms with Crippen LogP contribution in [0.5, 0.6) is 0 Å². The minimum Gasteiger partial charge on any atom is -0.358 e. The number of hydrogen-bond donors (Lipinski definition) is 2. The summed E-state index contributed by atoms with van der Waals surface area (Å²) >= 11 is 0. The first kappa shape index (κ1) is 10.8. The van der Waals surface area contributed by atoms with E-state index < -0.39 is 0 Å². The second-order valence-corrected chi connectivity index (χ2v) is 5.45. The van der Waals surface area contributed by atoms with Crippen molar-refractivity contribution in [3.8, 4) is 0 Å². The number of nitrogens with one attached hydrogen (secondary N) is 2. The Bertz CT molecular complexity index is 562. The van der Waals surface area contributed by atoms with Gasteiger partial charge >= 0.3 is 0 Å². The molecule has 90 valence electrons. The monoisotopic (exact) mass is 228 g/mol. The van der Waals surface area contributed by atoms with E-state index in [-0.39, 0.29) is 0 Å². The zero-order valence-corrected chi connectivity index (χ0v) is 10.9. The molecule has 1 fully saturated rings. The van der Waals surface area contributed by atoms with Crippen LogP contribution >= 0.6 is 0 Å². The lowest BCUT2D eigenvalue weighted by molar-refractivity contribution is 0.625. The molecule has 1 aliphatic carbocycles. The van der Waals surface area contributed by atoms with E-state index in [1.165, 1.54) is 40.6 Å². The van der Waals surface area contributed by atoms with E-state index in [1.807, 2.05) is 7.05 Å². The Kier molecular flexibility index (Phi) is 2.30. The maximum atomic E-state index is 3.44. The van der Waals surface area contributed by atoms with Crippen LogP contribution < -0.4 is 5.32 Å². The van der Waals surface area contributed by atoms with Gasteiger partial charge in [-0.3, -0.25) is 0 Å². The highest BCUT2D eigenvalue weighted by molar-refractivity contribution is 5.85. The van der Waals surface area contributed by atoms with Gasteiger partial charge in [0.15, 0.2) is 0 Å². The zero-order chi connectivity index (χ0) is 12.0. The number of aromatic nitrogens is 1. The van der Waals surface area contributed by atoms with E-state index >= 15 is 0 Å². The molecule has 0 atom stereocenters. The molecule has 1 aliphatic rings. The summed E-state index contributed by atoms with van der Waals surface area (Å²) in [4.78, 5) is 3.44. The molecule has 0 saturated heterocycles. The molecule has 17 heavy (non-hydrogen) atoms. The number of fused-ring (bicyclic) bond motifs is 1. The Hall–Kier alpha value is -1.28. The van der Waals surface area contributed by atoms with Crippen molar-refractivity contribution in [3.63, 3.8) is 0 Å². The molecule has 0 bridgehead atoms. The topological polar surface area (TPSA) is 27.8 Å². The molecule has 2 aromatic rings. The van der Waals surface area contributed by atoms with Crippen molar-refractivity contribution in [1.29, 1.82) is 0 Å². The van der Waals surface area contributed by atoms with Gasteiger partial charge in [-0.25, -0.2) is 0 Å². The Morgan fingerprint density at radius 3 is 2.71 bits per heavy atom. The van der Waals surface area contributed by atoms with Gasteiger partial charge in [0, 0.05) is 28.6 Å². The smallest absolute Gasteiger partial charge is 0.0458 e. The molecule has 0 radical (unpaired) electrons. The van der Waals surface area contributed by atoms with Crippen molar-refractivity contribution in [2.45, 2.75) is 32.1 Å². The standard InChI is InChI=1S/C15H20N2/c1-10-11(2)17-14-5-4-12(8-13(10)14)15(6-7-15)9-16-3/h4-5,8,16-17H,6-7,9H2,1-3H3. The summed E-state index contributed by atoms with van der Waals surface area (Å²) in [6.07, 6.45) is 2.64. The first-order valence-electron chi connectivity index (χ1n) is 6.40. The molecule has 1 heterocycles. The van der Waals surface area contributed by atoms with Crippen LogP contribution in [0.4, 0.5) is 0 Å². The average Bonchev–Trinajstić information content (AvgIpc) is 3.04. The van der Waals surface area contributed by atoms with Gasteiger partial charge in [-0.05, 0) is 57.0 Å². The van der Waals surface area contributed by atoms with Crippen LogP contribution in [0.2, 0.25) is 0 Å². The third-order valence-corrected chi connectivity index (χ3v) is 4.29. The molecule has 2 nitrogen and oxygen atoms in total. The van der Waals surface area contributed by atoms with Gasteiger partial charge in [-0.15, -0.1) is 0 Å². The molecule has 1 aromatic heterocycles. The minimum atomic E-state index is 0.417. The second-order valence-electron chi connectivity index (χ2n) is 5.45. The van der Waals surface area contributed by atoms with Crippen LogP contribution in [0, 0.1) is 13.8 Å². The molecule has 0 unspecified atom stereocenters. The SMILES string of the molecule is CNCC1(c2ccc3[nH]c(C)c(C)c3c2)CC1. The van der Waals surface area contributed by atoms with Crippen molar-refractivity contribution in [3.05, 3.63) is 35.0 Å². The molecule has 0 amide bonds. The van der Waals surface area contributed by atoms with Crippen molar-refractivity contribution >= 4 is 10.9 Å². The molecule has 2 N–H and O–H groups in total. The quantitative estimate of drug-likeness (QED) is 0.830. The van der Waals surface area contributed by atoms with Gasteiger partial charge in [0.05, 0.1) is 0 Å². The fourth-order valence-electron chi connectivity index (χ4n) is 2.85. The predicted molar refractivity (Wildman–Crippen MR) is 72.6 cm³/mol. The van der Waals surface area contributed by atoms with Gasteiger partial charge in [-0.2, -0.15) is 0 Å². The predicted octanol–water partition coefficient (Wildman–Crippen LogP) is 3.04. The highest BCUT2D eigenvalue weighted by Gasteiger charge is 2.43. The normalized spacial score (nSPS) is 17.6. The van der Waals surface area contributed by atoms with Crippen molar-refractivity contribution < 1.29 is 0 Å². The van der Waals surface area contributed by atoms with E-state index in [9.17, 15) is 0 Å². The molecule has 2 heteroatoms.